The maximum atomic E-state index is 12.7. The second-order valence-electron chi connectivity index (χ2n) is 8.86. The van der Waals surface area contributed by atoms with E-state index in [0.29, 0.717) is 18.8 Å². The molecule has 2 aliphatic rings. The third kappa shape index (κ3) is 3.94. The summed E-state index contributed by atoms with van der Waals surface area (Å²) in [4.78, 5) is 37.0. The number of anilines is 1. The van der Waals surface area contributed by atoms with Crippen molar-refractivity contribution in [3.8, 4) is 0 Å². The molecule has 1 aromatic carbocycles. The van der Waals surface area contributed by atoms with E-state index in [-0.39, 0.29) is 29.3 Å². The first-order valence-electron chi connectivity index (χ1n) is 10.5. The van der Waals surface area contributed by atoms with Gasteiger partial charge in [0.1, 0.15) is 12.1 Å². The molecule has 1 aliphatic heterocycles. The number of aromatic nitrogens is 2. The van der Waals surface area contributed by atoms with Gasteiger partial charge >= 0.3 is 0 Å². The number of amides is 2. The van der Waals surface area contributed by atoms with E-state index in [1.165, 1.54) is 11.9 Å². The van der Waals surface area contributed by atoms with Crippen LogP contribution in [0.25, 0.3) is 0 Å². The molecule has 2 amide bonds. The monoisotopic (exact) mass is 407 g/mol. The molecule has 0 atom stereocenters. The predicted octanol–water partition coefficient (Wildman–Crippen LogP) is 2.66. The van der Waals surface area contributed by atoms with E-state index in [1.54, 1.807) is 17.2 Å². The zero-order valence-corrected chi connectivity index (χ0v) is 17.7. The summed E-state index contributed by atoms with van der Waals surface area (Å²) in [6, 6.07) is 12.3. The van der Waals surface area contributed by atoms with Crippen molar-refractivity contribution >= 4 is 17.6 Å². The number of carbonyl (C=O) groups is 2. The van der Waals surface area contributed by atoms with Crippen LogP contribution >= 0.6 is 0 Å². The number of likely N-dealkylation sites (tertiary alicyclic amines) is 1. The Morgan fingerprint density at radius 1 is 1.13 bits per heavy atom. The lowest BCUT2D eigenvalue weighted by atomic mass is 9.64. The second-order valence-corrected chi connectivity index (χ2v) is 8.86. The Kier molecular flexibility index (Phi) is 5.56. The minimum atomic E-state index is -0.221. The van der Waals surface area contributed by atoms with Gasteiger partial charge in [-0.3, -0.25) is 14.5 Å². The lowest BCUT2D eigenvalue weighted by Crippen LogP contribution is -2.47. The number of nitrogens with one attached hydrogen (secondary N) is 1. The Labute approximate surface area is 177 Å². The van der Waals surface area contributed by atoms with Crippen molar-refractivity contribution in [1.29, 1.82) is 0 Å². The summed E-state index contributed by atoms with van der Waals surface area (Å²) in [6.07, 6.45) is 7.48. The van der Waals surface area contributed by atoms with Crippen LogP contribution < -0.4 is 5.32 Å². The third-order valence-electron chi connectivity index (χ3n) is 6.89. The average Bonchev–Trinajstić information content (AvgIpc) is 3.04. The van der Waals surface area contributed by atoms with Gasteiger partial charge in [-0.25, -0.2) is 9.97 Å². The van der Waals surface area contributed by atoms with Gasteiger partial charge in [0.2, 0.25) is 11.8 Å². The molecule has 1 spiro atoms. The number of carbonyl (C=O) groups excluding carboxylic acids is 2. The van der Waals surface area contributed by atoms with Gasteiger partial charge in [0, 0.05) is 24.7 Å². The highest BCUT2D eigenvalue weighted by atomic mass is 16.2. The molecule has 0 bridgehead atoms. The molecule has 7 nitrogen and oxygen atoms in total. The summed E-state index contributed by atoms with van der Waals surface area (Å²) < 4.78 is 0. The zero-order valence-electron chi connectivity index (χ0n) is 17.7. The van der Waals surface area contributed by atoms with Crippen molar-refractivity contribution in [3.63, 3.8) is 0 Å². The number of benzene rings is 1. The number of hydrogen-bond acceptors (Lipinski definition) is 5. The average molecular weight is 408 g/mol. The van der Waals surface area contributed by atoms with E-state index >= 15 is 0 Å². The summed E-state index contributed by atoms with van der Waals surface area (Å²) in [7, 11) is 4.29. The molecule has 4 rings (SSSR count). The molecular weight excluding hydrogens is 378 g/mol. The molecule has 7 heteroatoms. The van der Waals surface area contributed by atoms with Gasteiger partial charge in [-0.15, -0.1) is 0 Å². The third-order valence-corrected chi connectivity index (χ3v) is 6.89. The predicted molar refractivity (Wildman–Crippen MR) is 115 cm³/mol. The highest BCUT2D eigenvalue weighted by molar-refractivity contribution is 5.94. The Bertz CT molecular complexity index is 892. The van der Waals surface area contributed by atoms with Crippen LogP contribution in [-0.2, 0) is 15.1 Å². The van der Waals surface area contributed by atoms with Crippen LogP contribution in [-0.4, -0.2) is 58.8 Å². The van der Waals surface area contributed by atoms with Crippen molar-refractivity contribution in [2.75, 3.05) is 32.5 Å². The molecule has 1 aliphatic carbocycles. The Hall–Kier alpha value is -2.80. The molecule has 30 heavy (non-hydrogen) atoms. The molecule has 158 valence electrons. The van der Waals surface area contributed by atoms with Gasteiger partial charge < -0.3 is 10.2 Å². The highest BCUT2D eigenvalue weighted by Gasteiger charge is 2.50. The maximum Gasteiger partial charge on any atom is 0.245 e. The fraction of sp³-hybridized carbons (Fsp3) is 0.478. The first-order valence-corrected chi connectivity index (χ1v) is 10.5. The van der Waals surface area contributed by atoms with E-state index in [9.17, 15) is 9.59 Å². The van der Waals surface area contributed by atoms with E-state index in [1.807, 2.05) is 0 Å². The van der Waals surface area contributed by atoms with Crippen molar-refractivity contribution in [2.24, 2.45) is 5.41 Å². The highest BCUT2D eigenvalue weighted by Crippen LogP contribution is 2.52. The lowest BCUT2D eigenvalue weighted by Gasteiger charge is -2.48. The van der Waals surface area contributed by atoms with Gasteiger partial charge in [0.05, 0.1) is 6.54 Å². The smallest absolute Gasteiger partial charge is 0.245 e. The summed E-state index contributed by atoms with van der Waals surface area (Å²) >= 11 is 0. The first-order chi connectivity index (χ1) is 14.4. The Balaban J connectivity index is 1.41. The van der Waals surface area contributed by atoms with Crippen LogP contribution in [0.4, 0.5) is 5.82 Å². The molecule has 1 saturated carbocycles. The van der Waals surface area contributed by atoms with Gasteiger partial charge in [0.25, 0.3) is 0 Å². The molecular formula is C23H29N5O2. The van der Waals surface area contributed by atoms with Crippen LogP contribution in [0, 0.1) is 5.41 Å². The fourth-order valence-corrected chi connectivity index (χ4v) is 5.12. The standard InChI is InChI=1S/C23H29N5O2/c1-27(2)23(18-6-4-3-5-7-18)11-9-22(10-12-23)14-21(30)28(16-22)15-20(29)26-19-8-13-24-17-25-19/h3-8,13,17H,9-12,14-16H2,1-2H3,(H,24,25,26,29). The molecule has 0 unspecified atom stereocenters. The van der Waals surface area contributed by atoms with Crippen molar-refractivity contribution in [2.45, 2.75) is 37.6 Å². The number of rotatable bonds is 5. The van der Waals surface area contributed by atoms with E-state index in [0.717, 1.165) is 25.7 Å². The Morgan fingerprint density at radius 3 is 2.50 bits per heavy atom. The summed E-state index contributed by atoms with van der Waals surface area (Å²) in [5.74, 6) is 0.305. The number of hydrogen-bond donors (Lipinski definition) is 1. The van der Waals surface area contributed by atoms with E-state index in [2.05, 4.69) is 64.6 Å². The van der Waals surface area contributed by atoms with Crippen LogP contribution in [0.15, 0.2) is 48.9 Å². The largest absolute Gasteiger partial charge is 0.333 e. The van der Waals surface area contributed by atoms with Crippen LogP contribution in [0.5, 0.6) is 0 Å². The van der Waals surface area contributed by atoms with Crippen LogP contribution in [0.2, 0.25) is 0 Å². The van der Waals surface area contributed by atoms with Crippen molar-refractivity contribution in [3.05, 3.63) is 54.5 Å². The topological polar surface area (TPSA) is 78.4 Å². The first kappa shape index (κ1) is 20.5. The van der Waals surface area contributed by atoms with Gasteiger partial charge in [0.15, 0.2) is 0 Å². The fourth-order valence-electron chi connectivity index (χ4n) is 5.12. The summed E-state index contributed by atoms with van der Waals surface area (Å²) in [6.45, 7) is 0.726. The molecule has 1 saturated heterocycles. The summed E-state index contributed by atoms with van der Waals surface area (Å²) in [5.41, 5.74) is 1.32. The molecule has 2 fully saturated rings. The van der Waals surface area contributed by atoms with Crippen LogP contribution in [0.3, 0.4) is 0 Å². The molecule has 2 aromatic rings. The van der Waals surface area contributed by atoms with Crippen molar-refractivity contribution < 1.29 is 9.59 Å². The normalized spacial score (nSPS) is 26.4. The zero-order chi connectivity index (χ0) is 21.2. The van der Waals surface area contributed by atoms with Crippen LogP contribution in [0.1, 0.15) is 37.7 Å². The minimum absolute atomic E-state index is 0.00731. The number of nitrogens with zero attached hydrogens (tertiary/aromatic N) is 4. The molecule has 1 aromatic heterocycles. The van der Waals surface area contributed by atoms with E-state index < -0.39 is 0 Å². The quantitative estimate of drug-likeness (QED) is 0.824. The molecule has 1 N–H and O–H groups in total. The maximum absolute atomic E-state index is 12.7. The molecule has 0 radical (unpaired) electrons. The van der Waals surface area contributed by atoms with Crippen molar-refractivity contribution in [1.82, 2.24) is 19.8 Å². The van der Waals surface area contributed by atoms with Gasteiger partial charge in [-0.1, -0.05) is 30.3 Å². The van der Waals surface area contributed by atoms with Gasteiger partial charge in [-0.2, -0.15) is 0 Å². The summed E-state index contributed by atoms with van der Waals surface area (Å²) in [5, 5.41) is 2.74. The lowest BCUT2D eigenvalue weighted by molar-refractivity contribution is -0.131. The Morgan fingerprint density at radius 2 is 1.87 bits per heavy atom. The van der Waals surface area contributed by atoms with E-state index in [4.69, 9.17) is 0 Å². The molecule has 2 heterocycles. The second kappa shape index (κ2) is 8.14. The minimum Gasteiger partial charge on any atom is -0.333 e. The van der Waals surface area contributed by atoms with Gasteiger partial charge in [-0.05, 0) is 56.8 Å². The SMILES string of the molecule is CN(C)C1(c2ccccc2)CCC2(CC1)CC(=O)N(CC(=O)Nc1ccncn1)C2.